The highest BCUT2D eigenvalue weighted by Gasteiger charge is 2.21. The molecule has 1 N–H and O–H groups in total. The number of pyridine rings is 1. The van der Waals surface area contributed by atoms with E-state index in [4.69, 9.17) is 9.72 Å². The number of carbonyl (C=O) groups is 1. The summed E-state index contributed by atoms with van der Waals surface area (Å²) >= 11 is 0. The molecule has 0 saturated carbocycles. The first-order valence-electron chi connectivity index (χ1n) is 11.7. The van der Waals surface area contributed by atoms with E-state index >= 15 is 0 Å². The fourth-order valence-electron chi connectivity index (χ4n) is 4.13. The number of aryl methyl sites for hydroxylation is 2. The lowest BCUT2D eigenvalue weighted by atomic mass is 10.1. The molecule has 0 aliphatic rings. The Morgan fingerprint density at radius 2 is 1.76 bits per heavy atom. The molecular formula is C29H24N4O4. The van der Waals surface area contributed by atoms with Crippen LogP contribution in [0.3, 0.4) is 0 Å². The van der Waals surface area contributed by atoms with Crippen LogP contribution in [0.15, 0.2) is 91.1 Å². The molecule has 0 spiro atoms. The second-order valence-corrected chi connectivity index (χ2v) is 8.72. The van der Waals surface area contributed by atoms with E-state index in [-0.39, 0.29) is 11.3 Å². The molecular weight excluding hydrogens is 468 g/mol. The Labute approximate surface area is 213 Å². The van der Waals surface area contributed by atoms with E-state index < -0.39 is 10.9 Å². The first-order valence-corrected chi connectivity index (χ1v) is 11.7. The third kappa shape index (κ3) is 4.90. The molecule has 0 atom stereocenters. The Bertz CT molecular complexity index is 1630. The summed E-state index contributed by atoms with van der Waals surface area (Å²) in [6.07, 6.45) is 1.95. The van der Waals surface area contributed by atoms with Gasteiger partial charge in [0, 0.05) is 29.9 Å². The third-order valence-corrected chi connectivity index (χ3v) is 6.07. The maximum atomic E-state index is 13.0. The summed E-state index contributed by atoms with van der Waals surface area (Å²) in [5.41, 5.74) is 4.60. The number of para-hydroxylation sites is 1. The quantitative estimate of drug-likeness (QED) is 0.123. The monoisotopic (exact) mass is 492 g/mol. The molecule has 3 aromatic carbocycles. The lowest BCUT2D eigenvalue weighted by molar-refractivity contribution is -0.385. The molecule has 5 rings (SSSR count). The molecule has 0 saturated heterocycles. The number of ether oxygens (including phenoxy) is 1. The van der Waals surface area contributed by atoms with Gasteiger partial charge >= 0.3 is 5.97 Å². The second kappa shape index (κ2) is 9.94. The van der Waals surface area contributed by atoms with E-state index in [0.29, 0.717) is 29.1 Å². The van der Waals surface area contributed by atoms with E-state index in [1.54, 1.807) is 19.1 Å². The molecule has 8 heteroatoms. The minimum absolute atomic E-state index is 0.0974. The number of carbonyl (C=O) groups excluding carboxylic acids is 1. The number of nitro benzene ring substituents is 1. The smallest absolute Gasteiger partial charge is 0.343 e. The van der Waals surface area contributed by atoms with Crippen LogP contribution in [-0.4, -0.2) is 20.3 Å². The Balaban J connectivity index is 1.54. The molecule has 0 aliphatic carbocycles. The van der Waals surface area contributed by atoms with Crippen LogP contribution < -0.4 is 10.1 Å². The number of aromatic nitrogens is 2. The number of nitrogens with one attached hydrogen (secondary N) is 1. The van der Waals surface area contributed by atoms with Gasteiger partial charge in [0.05, 0.1) is 10.5 Å². The number of fused-ring (bicyclic) bond motifs is 1. The molecule has 0 amide bonds. The van der Waals surface area contributed by atoms with Crippen molar-refractivity contribution in [3.8, 4) is 17.0 Å². The molecule has 0 bridgehead atoms. The zero-order chi connectivity index (χ0) is 25.9. The van der Waals surface area contributed by atoms with Gasteiger partial charge < -0.3 is 10.1 Å². The summed E-state index contributed by atoms with van der Waals surface area (Å²) < 4.78 is 7.73. The Morgan fingerprint density at radius 3 is 2.54 bits per heavy atom. The van der Waals surface area contributed by atoms with Crippen LogP contribution in [0.2, 0.25) is 0 Å². The number of benzene rings is 3. The van der Waals surface area contributed by atoms with Crippen molar-refractivity contribution in [3.63, 3.8) is 0 Å². The van der Waals surface area contributed by atoms with Crippen molar-refractivity contribution >= 4 is 23.1 Å². The van der Waals surface area contributed by atoms with Gasteiger partial charge in [0.2, 0.25) is 0 Å². The molecule has 0 radical (unpaired) electrons. The fraction of sp³-hybridized carbons (Fsp3) is 0.103. The van der Waals surface area contributed by atoms with Crippen molar-refractivity contribution in [2.24, 2.45) is 0 Å². The van der Waals surface area contributed by atoms with Crippen LogP contribution in [0.4, 0.5) is 11.5 Å². The minimum Gasteiger partial charge on any atom is -0.422 e. The maximum absolute atomic E-state index is 13.0. The molecule has 2 heterocycles. The van der Waals surface area contributed by atoms with Gasteiger partial charge in [-0.3, -0.25) is 14.5 Å². The minimum atomic E-state index is -0.686. The molecule has 184 valence electrons. The van der Waals surface area contributed by atoms with Crippen molar-refractivity contribution in [2.75, 3.05) is 5.32 Å². The van der Waals surface area contributed by atoms with Crippen molar-refractivity contribution < 1.29 is 14.5 Å². The lowest BCUT2D eigenvalue weighted by Crippen LogP contribution is -2.10. The molecule has 5 aromatic rings. The summed E-state index contributed by atoms with van der Waals surface area (Å²) in [6.45, 7) is 4.20. The van der Waals surface area contributed by atoms with Crippen molar-refractivity contribution in [3.05, 3.63) is 123 Å². The average molecular weight is 493 g/mol. The molecule has 2 aromatic heterocycles. The highest BCUT2D eigenvalue weighted by Crippen LogP contribution is 2.36. The van der Waals surface area contributed by atoms with Crippen LogP contribution in [0.5, 0.6) is 5.75 Å². The summed E-state index contributed by atoms with van der Waals surface area (Å²) in [5, 5.41) is 14.8. The van der Waals surface area contributed by atoms with Gasteiger partial charge in [-0.1, -0.05) is 48.5 Å². The van der Waals surface area contributed by atoms with Crippen LogP contribution >= 0.6 is 0 Å². The number of rotatable bonds is 7. The number of nitrogens with zero attached hydrogens (tertiary/aromatic N) is 3. The number of anilines is 1. The molecule has 8 nitrogen and oxygen atoms in total. The average Bonchev–Trinajstić information content (AvgIpc) is 3.25. The SMILES string of the molecule is Cc1ccn2c(NCc3ccccc3)c(-c3ccccc3OC(=O)c3ccc(C)c([N+](=O)[O-])c3)nc2c1. The lowest BCUT2D eigenvalue weighted by Gasteiger charge is -2.12. The van der Waals surface area contributed by atoms with Gasteiger partial charge in [-0.05, 0) is 55.3 Å². The van der Waals surface area contributed by atoms with Crippen LogP contribution in [-0.2, 0) is 6.54 Å². The number of esters is 1. The van der Waals surface area contributed by atoms with E-state index in [9.17, 15) is 14.9 Å². The molecule has 0 aliphatic heterocycles. The van der Waals surface area contributed by atoms with Gasteiger partial charge in [-0.2, -0.15) is 0 Å². The van der Waals surface area contributed by atoms with Crippen LogP contribution in [0, 0.1) is 24.0 Å². The topological polar surface area (TPSA) is 98.8 Å². The van der Waals surface area contributed by atoms with Gasteiger partial charge in [0.15, 0.2) is 0 Å². The number of hydrogen-bond acceptors (Lipinski definition) is 6. The van der Waals surface area contributed by atoms with E-state index in [1.165, 1.54) is 18.2 Å². The van der Waals surface area contributed by atoms with E-state index in [2.05, 4.69) is 5.32 Å². The Morgan fingerprint density at radius 1 is 1.00 bits per heavy atom. The van der Waals surface area contributed by atoms with Gasteiger partial charge in [-0.25, -0.2) is 9.78 Å². The van der Waals surface area contributed by atoms with Gasteiger partial charge in [0.1, 0.15) is 22.9 Å². The van der Waals surface area contributed by atoms with Crippen molar-refractivity contribution in [1.29, 1.82) is 0 Å². The molecule has 0 fully saturated rings. The van der Waals surface area contributed by atoms with E-state index in [0.717, 1.165) is 22.6 Å². The fourth-order valence-corrected chi connectivity index (χ4v) is 4.13. The summed E-state index contributed by atoms with van der Waals surface area (Å²) in [7, 11) is 0. The second-order valence-electron chi connectivity index (χ2n) is 8.72. The summed E-state index contributed by atoms with van der Waals surface area (Å²) in [6, 6.07) is 25.4. The summed E-state index contributed by atoms with van der Waals surface area (Å²) in [4.78, 5) is 28.7. The van der Waals surface area contributed by atoms with Crippen LogP contribution in [0.25, 0.3) is 16.9 Å². The largest absolute Gasteiger partial charge is 0.422 e. The highest BCUT2D eigenvalue weighted by atomic mass is 16.6. The van der Waals surface area contributed by atoms with Gasteiger partial charge in [-0.15, -0.1) is 0 Å². The zero-order valence-corrected chi connectivity index (χ0v) is 20.3. The maximum Gasteiger partial charge on any atom is 0.343 e. The standard InChI is InChI=1S/C29H24N4O4/c1-19-14-15-32-26(16-19)31-27(28(32)30-18-21-8-4-3-5-9-21)23-10-6-7-11-25(23)37-29(34)22-13-12-20(2)24(17-22)33(35)36/h3-17,30H,18H2,1-2H3. The molecule has 37 heavy (non-hydrogen) atoms. The Kier molecular flexibility index (Phi) is 6.38. The first kappa shape index (κ1) is 23.7. The van der Waals surface area contributed by atoms with Crippen LogP contribution in [0.1, 0.15) is 27.0 Å². The highest BCUT2D eigenvalue weighted by molar-refractivity contribution is 5.93. The first-order chi connectivity index (χ1) is 17.9. The van der Waals surface area contributed by atoms with Crippen molar-refractivity contribution in [2.45, 2.75) is 20.4 Å². The normalized spacial score (nSPS) is 10.9. The van der Waals surface area contributed by atoms with Gasteiger partial charge in [0.25, 0.3) is 5.69 Å². The Hall–Kier alpha value is -4.98. The summed E-state index contributed by atoms with van der Waals surface area (Å²) in [5.74, 6) is 0.376. The number of hydrogen-bond donors (Lipinski definition) is 1. The third-order valence-electron chi connectivity index (χ3n) is 6.07. The number of nitro groups is 1. The predicted molar refractivity (Wildman–Crippen MR) is 142 cm³/mol. The zero-order valence-electron chi connectivity index (χ0n) is 20.3. The predicted octanol–water partition coefficient (Wildman–Crippen LogP) is 6.36. The number of imidazole rings is 1. The van der Waals surface area contributed by atoms with Crippen molar-refractivity contribution in [1.82, 2.24) is 9.38 Å². The molecule has 0 unspecified atom stereocenters. The van der Waals surface area contributed by atoms with E-state index in [1.807, 2.05) is 72.1 Å².